The van der Waals surface area contributed by atoms with Gasteiger partial charge in [0, 0.05) is 12.8 Å². The highest BCUT2D eigenvalue weighted by Crippen LogP contribution is 2.04. The molecule has 1 fully saturated rings. The summed E-state index contributed by atoms with van der Waals surface area (Å²) in [5.41, 5.74) is 0. The summed E-state index contributed by atoms with van der Waals surface area (Å²) in [5.74, 6) is 0. The quantitative estimate of drug-likeness (QED) is 0.538. The number of nitriles is 1. The first-order valence-corrected chi connectivity index (χ1v) is 4.85. The van der Waals surface area contributed by atoms with Crippen molar-refractivity contribution in [2.75, 3.05) is 26.0 Å². The molecule has 1 aliphatic heterocycles. The fourth-order valence-corrected chi connectivity index (χ4v) is 1.61. The van der Waals surface area contributed by atoms with Crippen LogP contribution in [0.3, 0.4) is 0 Å². The number of rotatable bonds is 1. The van der Waals surface area contributed by atoms with Gasteiger partial charge < -0.3 is 4.74 Å². The van der Waals surface area contributed by atoms with Crippen LogP contribution in [0.25, 0.3) is 0 Å². The van der Waals surface area contributed by atoms with Crippen molar-refractivity contribution in [3.63, 3.8) is 0 Å². The zero-order valence-corrected chi connectivity index (χ0v) is 7.13. The third-order valence-electron chi connectivity index (χ3n) is 1.54. The Bertz CT molecular complexity index is 201. The van der Waals surface area contributed by atoms with E-state index in [0.29, 0.717) is 19.7 Å². The van der Waals surface area contributed by atoms with E-state index in [0.717, 1.165) is 0 Å². The van der Waals surface area contributed by atoms with Crippen LogP contribution in [0.1, 0.15) is 0 Å². The van der Waals surface area contributed by atoms with E-state index >= 15 is 0 Å². The van der Waals surface area contributed by atoms with Crippen LogP contribution in [0.5, 0.6) is 0 Å². The Morgan fingerprint density at radius 1 is 1.82 bits per heavy atom. The number of hydrogen-bond donors (Lipinski definition) is 0. The minimum absolute atomic E-state index is 0.410. The maximum Gasteiger partial charge on any atom is 0.157 e. The Balaban J connectivity index is 2.47. The molecule has 2 unspecified atom stereocenters. The van der Waals surface area contributed by atoms with Gasteiger partial charge in [0.1, 0.15) is 0 Å². The van der Waals surface area contributed by atoms with Crippen molar-refractivity contribution >= 4 is 11.0 Å². The summed E-state index contributed by atoms with van der Waals surface area (Å²) in [6.45, 7) is 1.61. The summed E-state index contributed by atoms with van der Waals surface area (Å²) in [5, 5.41) is 8.49. The lowest BCUT2D eigenvalue weighted by Gasteiger charge is -2.26. The van der Waals surface area contributed by atoms with Gasteiger partial charge in [0.25, 0.3) is 0 Å². The average Bonchev–Trinajstić information content (AvgIpc) is 2.05. The van der Waals surface area contributed by atoms with Crippen molar-refractivity contribution in [1.29, 1.82) is 5.26 Å². The Hall–Kier alpha value is -0.440. The molecule has 0 bridgehead atoms. The predicted molar refractivity (Wildman–Crippen MR) is 41.0 cm³/mol. The lowest BCUT2D eigenvalue weighted by molar-refractivity contribution is 0.0331. The molecule has 2 atom stereocenters. The van der Waals surface area contributed by atoms with Gasteiger partial charge in [0.05, 0.1) is 30.2 Å². The molecular weight excluding hydrogens is 164 g/mol. The SMILES string of the molecule is CS(=O)N1CCOC(C#N)C1. The smallest absolute Gasteiger partial charge is 0.157 e. The van der Waals surface area contributed by atoms with Gasteiger partial charge >= 0.3 is 0 Å². The number of hydrogen-bond acceptors (Lipinski definition) is 3. The molecule has 0 aromatic rings. The molecule has 0 amide bonds. The third-order valence-corrected chi connectivity index (χ3v) is 2.60. The predicted octanol–water partition coefficient (Wildman–Crippen LogP) is -0.496. The van der Waals surface area contributed by atoms with E-state index in [4.69, 9.17) is 10.00 Å². The molecule has 62 valence electrons. The van der Waals surface area contributed by atoms with E-state index in [9.17, 15) is 4.21 Å². The molecule has 1 saturated heterocycles. The minimum Gasteiger partial charge on any atom is -0.361 e. The highest BCUT2D eigenvalue weighted by Gasteiger charge is 2.21. The van der Waals surface area contributed by atoms with Gasteiger partial charge in [-0.25, -0.2) is 8.51 Å². The second kappa shape index (κ2) is 3.81. The van der Waals surface area contributed by atoms with Crippen molar-refractivity contribution in [1.82, 2.24) is 4.31 Å². The molecule has 0 aliphatic carbocycles. The van der Waals surface area contributed by atoms with E-state index in [1.54, 1.807) is 10.6 Å². The van der Waals surface area contributed by atoms with Crippen molar-refractivity contribution < 1.29 is 8.95 Å². The molecule has 4 nitrogen and oxygen atoms in total. The highest BCUT2D eigenvalue weighted by molar-refractivity contribution is 7.81. The van der Waals surface area contributed by atoms with Crippen molar-refractivity contribution in [2.45, 2.75) is 6.10 Å². The Labute approximate surface area is 68.3 Å². The van der Waals surface area contributed by atoms with Crippen LogP contribution in [-0.4, -0.2) is 40.6 Å². The molecule has 0 saturated carbocycles. The third kappa shape index (κ3) is 2.26. The van der Waals surface area contributed by atoms with E-state index < -0.39 is 17.1 Å². The zero-order chi connectivity index (χ0) is 8.27. The molecule has 5 heteroatoms. The van der Waals surface area contributed by atoms with E-state index in [1.165, 1.54) is 0 Å². The van der Waals surface area contributed by atoms with Crippen LogP contribution >= 0.6 is 0 Å². The van der Waals surface area contributed by atoms with Gasteiger partial charge in [-0.15, -0.1) is 0 Å². The second-order valence-electron chi connectivity index (χ2n) is 2.30. The number of ether oxygens (including phenoxy) is 1. The summed E-state index contributed by atoms with van der Waals surface area (Å²) in [6.07, 6.45) is 1.20. The van der Waals surface area contributed by atoms with E-state index in [-0.39, 0.29) is 0 Å². The van der Waals surface area contributed by atoms with E-state index in [2.05, 4.69) is 0 Å². The monoisotopic (exact) mass is 174 g/mol. The lowest BCUT2D eigenvalue weighted by atomic mass is 10.3. The number of nitrogens with zero attached hydrogens (tertiary/aromatic N) is 2. The molecule has 1 rings (SSSR count). The molecule has 1 heterocycles. The van der Waals surface area contributed by atoms with Crippen molar-refractivity contribution in [3.8, 4) is 6.07 Å². The fourth-order valence-electron chi connectivity index (χ4n) is 0.937. The zero-order valence-electron chi connectivity index (χ0n) is 6.32. The first-order chi connectivity index (χ1) is 5.24. The molecule has 0 N–H and O–H groups in total. The fraction of sp³-hybridized carbons (Fsp3) is 0.833. The molecular formula is C6H10N2O2S. The highest BCUT2D eigenvalue weighted by atomic mass is 32.2. The normalized spacial score (nSPS) is 29.3. The van der Waals surface area contributed by atoms with Gasteiger partial charge in [0.2, 0.25) is 0 Å². The standard InChI is InChI=1S/C6H10N2O2S/c1-11(9)8-2-3-10-6(4-7)5-8/h6H,2-3,5H2,1H3. The molecule has 0 spiro atoms. The van der Waals surface area contributed by atoms with Crippen LogP contribution in [0.2, 0.25) is 0 Å². The first-order valence-electron chi connectivity index (χ1n) is 3.33. The average molecular weight is 174 g/mol. The van der Waals surface area contributed by atoms with Gasteiger partial charge in [-0.1, -0.05) is 0 Å². The summed E-state index contributed by atoms with van der Waals surface area (Å²) < 4.78 is 17.7. The summed E-state index contributed by atoms with van der Waals surface area (Å²) >= 11 is 0. The van der Waals surface area contributed by atoms with Crippen LogP contribution in [-0.2, 0) is 15.7 Å². The molecule has 1 aliphatic rings. The van der Waals surface area contributed by atoms with Crippen LogP contribution < -0.4 is 0 Å². The molecule has 11 heavy (non-hydrogen) atoms. The Morgan fingerprint density at radius 2 is 2.55 bits per heavy atom. The van der Waals surface area contributed by atoms with Gasteiger partial charge in [-0.2, -0.15) is 5.26 Å². The van der Waals surface area contributed by atoms with Gasteiger partial charge in [-0.05, 0) is 0 Å². The molecule has 0 aromatic carbocycles. The maximum absolute atomic E-state index is 10.9. The largest absolute Gasteiger partial charge is 0.361 e. The maximum atomic E-state index is 10.9. The molecule has 0 radical (unpaired) electrons. The lowest BCUT2D eigenvalue weighted by Crippen LogP contribution is -2.42. The Kier molecular flexibility index (Phi) is 3.00. The van der Waals surface area contributed by atoms with Crippen LogP contribution in [0.4, 0.5) is 0 Å². The summed E-state index contributed by atoms with van der Waals surface area (Å²) in [6, 6.07) is 1.99. The molecule has 0 aromatic heterocycles. The first kappa shape index (κ1) is 8.65. The summed E-state index contributed by atoms with van der Waals surface area (Å²) in [4.78, 5) is 0. The second-order valence-corrected chi connectivity index (χ2v) is 3.66. The van der Waals surface area contributed by atoms with Gasteiger partial charge in [0.15, 0.2) is 6.10 Å². The van der Waals surface area contributed by atoms with Crippen LogP contribution in [0.15, 0.2) is 0 Å². The minimum atomic E-state index is -0.972. The Morgan fingerprint density at radius 3 is 3.09 bits per heavy atom. The van der Waals surface area contributed by atoms with E-state index in [1.807, 2.05) is 6.07 Å². The van der Waals surface area contributed by atoms with Crippen LogP contribution in [0, 0.1) is 11.3 Å². The van der Waals surface area contributed by atoms with Crippen molar-refractivity contribution in [3.05, 3.63) is 0 Å². The summed E-state index contributed by atoms with van der Waals surface area (Å²) in [7, 11) is -0.972. The number of morpholine rings is 1. The topological polar surface area (TPSA) is 53.3 Å². The van der Waals surface area contributed by atoms with Gasteiger partial charge in [-0.3, -0.25) is 0 Å². The van der Waals surface area contributed by atoms with Crippen molar-refractivity contribution in [2.24, 2.45) is 0 Å².